The number of hydrogen-bond donors (Lipinski definition) is 2. The number of nitrogens with one attached hydrogen (secondary N) is 2. The van der Waals surface area contributed by atoms with Crippen LogP contribution in [-0.2, 0) is 0 Å². The summed E-state index contributed by atoms with van der Waals surface area (Å²) >= 11 is 1.37. The lowest BCUT2D eigenvalue weighted by molar-refractivity contribution is 0.262. The summed E-state index contributed by atoms with van der Waals surface area (Å²) in [7, 11) is 3.11. The number of anilines is 3. The van der Waals surface area contributed by atoms with Gasteiger partial charge in [-0.3, -0.25) is 5.32 Å². The number of ether oxygens (including phenoxy) is 2. The van der Waals surface area contributed by atoms with E-state index < -0.39 is 6.03 Å². The van der Waals surface area contributed by atoms with Gasteiger partial charge in [0.1, 0.15) is 11.5 Å². The molecule has 1 aromatic heterocycles. The van der Waals surface area contributed by atoms with Crippen LogP contribution in [0.3, 0.4) is 0 Å². The van der Waals surface area contributed by atoms with Gasteiger partial charge in [-0.1, -0.05) is 18.3 Å². The molecule has 2 heterocycles. The van der Waals surface area contributed by atoms with Crippen molar-refractivity contribution in [3.8, 4) is 11.5 Å². The van der Waals surface area contributed by atoms with Crippen molar-refractivity contribution in [3.63, 3.8) is 0 Å². The zero-order valence-corrected chi connectivity index (χ0v) is 15.9. The molecule has 26 heavy (non-hydrogen) atoms. The minimum Gasteiger partial charge on any atom is -0.497 e. The third-order valence-corrected chi connectivity index (χ3v) is 5.12. The molecule has 9 heteroatoms. The average Bonchev–Trinajstić information content (AvgIpc) is 3.10. The van der Waals surface area contributed by atoms with Gasteiger partial charge in [-0.05, 0) is 30.9 Å². The van der Waals surface area contributed by atoms with Gasteiger partial charge in [-0.25, -0.2) is 4.79 Å². The molecule has 8 nitrogen and oxygen atoms in total. The molecule has 1 saturated heterocycles. The summed E-state index contributed by atoms with van der Waals surface area (Å²) in [5, 5.41) is 15.0. The van der Waals surface area contributed by atoms with Crippen molar-refractivity contribution in [2.24, 2.45) is 5.92 Å². The Kier molecular flexibility index (Phi) is 5.77. The van der Waals surface area contributed by atoms with Crippen LogP contribution in [0.25, 0.3) is 0 Å². The summed E-state index contributed by atoms with van der Waals surface area (Å²) < 4.78 is 10.4. The van der Waals surface area contributed by atoms with Gasteiger partial charge in [0, 0.05) is 19.2 Å². The highest BCUT2D eigenvalue weighted by molar-refractivity contribution is 7.19. The van der Waals surface area contributed by atoms with Gasteiger partial charge in [0.05, 0.1) is 19.9 Å². The number of nitrogens with zero attached hydrogens (tertiary/aromatic N) is 3. The number of carbonyl (C=O) groups is 1. The summed E-state index contributed by atoms with van der Waals surface area (Å²) in [4.78, 5) is 14.5. The molecule has 2 N–H and O–H groups in total. The van der Waals surface area contributed by atoms with Gasteiger partial charge < -0.3 is 19.7 Å². The van der Waals surface area contributed by atoms with Crippen LogP contribution < -0.4 is 25.0 Å². The Labute approximate surface area is 156 Å². The minimum atomic E-state index is -0.411. The van der Waals surface area contributed by atoms with Gasteiger partial charge >= 0.3 is 6.03 Å². The van der Waals surface area contributed by atoms with Crippen LogP contribution in [0.4, 0.5) is 20.7 Å². The zero-order chi connectivity index (χ0) is 18.5. The fourth-order valence-electron chi connectivity index (χ4n) is 2.92. The van der Waals surface area contributed by atoms with Crippen molar-refractivity contribution in [2.45, 2.75) is 19.8 Å². The van der Waals surface area contributed by atoms with E-state index in [1.54, 1.807) is 32.4 Å². The van der Waals surface area contributed by atoms with E-state index in [0.29, 0.717) is 28.2 Å². The minimum absolute atomic E-state index is 0.411. The average molecular weight is 377 g/mol. The fourth-order valence-corrected chi connectivity index (χ4v) is 3.69. The maximum absolute atomic E-state index is 12.3. The molecule has 1 atom stereocenters. The molecule has 0 radical (unpaired) electrons. The molecule has 3 rings (SSSR count). The highest BCUT2D eigenvalue weighted by Gasteiger charge is 2.20. The van der Waals surface area contributed by atoms with Gasteiger partial charge in [0.15, 0.2) is 0 Å². The van der Waals surface area contributed by atoms with E-state index >= 15 is 0 Å². The molecule has 0 bridgehead atoms. The number of rotatable bonds is 5. The van der Waals surface area contributed by atoms with Crippen LogP contribution in [0, 0.1) is 5.92 Å². The van der Waals surface area contributed by atoms with E-state index in [1.165, 1.54) is 17.8 Å². The number of aromatic nitrogens is 2. The lowest BCUT2D eigenvalue weighted by atomic mass is 10.0. The third kappa shape index (κ3) is 4.34. The van der Waals surface area contributed by atoms with E-state index in [9.17, 15) is 4.79 Å². The maximum atomic E-state index is 12.3. The predicted molar refractivity (Wildman–Crippen MR) is 103 cm³/mol. The van der Waals surface area contributed by atoms with Crippen LogP contribution in [0.2, 0.25) is 0 Å². The van der Waals surface area contributed by atoms with E-state index in [1.807, 2.05) is 0 Å². The van der Waals surface area contributed by atoms with Crippen LogP contribution in [0.15, 0.2) is 18.2 Å². The van der Waals surface area contributed by atoms with E-state index in [2.05, 4.69) is 32.7 Å². The van der Waals surface area contributed by atoms with Gasteiger partial charge in [0.2, 0.25) is 10.3 Å². The van der Waals surface area contributed by atoms with Crippen LogP contribution in [-0.4, -0.2) is 43.5 Å². The van der Waals surface area contributed by atoms with Gasteiger partial charge in [-0.15, -0.1) is 10.2 Å². The molecule has 2 aromatic rings. The van der Waals surface area contributed by atoms with Crippen molar-refractivity contribution in [1.82, 2.24) is 10.2 Å². The lowest BCUT2D eigenvalue weighted by Crippen LogP contribution is -2.34. The molecule has 0 spiro atoms. The number of urea groups is 1. The largest absolute Gasteiger partial charge is 0.497 e. The number of hydrogen-bond acceptors (Lipinski definition) is 7. The number of piperidine rings is 1. The Morgan fingerprint density at radius 3 is 2.85 bits per heavy atom. The molecule has 0 saturated carbocycles. The standard InChI is InChI=1S/C17H23N5O3S/c1-11-5-4-8-22(10-11)17-21-20-16(26-17)19-15(23)18-13-9-12(24-2)6-7-14(13)25-3/h6-7,9,11H,4-5,8,10H2,1-3H3,(H2,18,19,20,23)/t11-/m1/s1. The number of amides is 2. The summed E-state index contributed by atoms with van der Waals surface area (Å²) in [5.74, 6) is 1.81. The molecule has 1 aliphatic heterocycles. The Bertz CT molecular complexity index is 767. The van der Waals surface area contributed by atoms with Gasteiger partial charge in [0.25, 0.3) is 0 Å². The smallest absolute Gasteiger partial charge is 0.325 e. The number of carbonyl (C=O) groups excluding carboxylic acids is 1. The quantitative estimate of drug-likeness (QED) is 0.830. The van der Waals surface area contributed by atoms with E-state index in [-0.39, 0.29) is 0 Å². The number of benzene rings is 1. The Morgan fingerprint density at radius 1 is 1.27 bits per heavy atom. The first kappa shape index (κ1) is 18.2. The third-order valence-electron chi connectivity index (χ3n) is 4.22. The van der Waals surface area contributed by atoms with Crippen LogP contribution in [0.5, 0.6) is 11.5 Å². The van der Waals surface area contributed by atoms with Crippen LogP contribution in [0.1, 0.15) is 19.8 Å². The maximum Gasteiger partial charge on any atom is 0.325 e. The first-order valence-electron chi connectivity index (χ1n) is 8.47. The second-order valence-electron chi connectivity index (χ2n) is 6.23. The molecule has 1 aromatic carbocycles. The Balaban J connectivity index is 1.64. The first-order chi connectivity index (χ1) is 12.6. The zero-order valence-electron chi connectivity index (χ0n) is 15.1. The summed E-state index contributed by atoms with van der Waals surface area (Å²) in [6, 6.07) is 4.78. The van der Waals surface area contributed by atoms with Crippen LogP contribution >= 0.6 is 11.3 Å². The number of methoxy groups -OCH3 is 2. The molecule has 1 aliphatic rings. The Hall–Kier alpha value is -2.55. The normalized spacial score (nSPS) is 16.9. The highest BCUT2D eigenvalue weighted by atomic mass is 32.1. The molecule has 1 fully saturated rings. The molecule has 140 valence electrons. The second kappa shape index (κ2) is 8.22. The van der Waals surface area contributed by atoms with Crippen molar-refractivity contribution < 1.29 is 14.3 Å². The van der Waals surface area contributed by atoms with E-state index in [0.717, 1.165) is 24.6 Å². The summed E-state index contributed by atoms with van der Waals surface area (Å²) in [5.41, 5.74) is 0.513. The molecular formula is C17H23N5O3S. The Morgan fingerprint density at radius 2 is 2.12 bits per heavy atom. The summed E-state index contributed by atoms with van der Waals surface area (Å²) in [6.45, 7) is 4.19. The topological polar surface area (TPSA) is 88.6 Å². The van der Waals surface area contributed by atoms with Crippen molar-refractivity contribution in [2.75, 3.05) is 42.8 Å². The molecule has 2 amide bonds. The van der Waals surface area contributed by atoms with Gasteiger partial charge in [-0.2, -0.15) is 0 Å². The summed E-state index contributed by atoms with van der Waals surface area (Å²) in [6.07, 6.45) is 2.39. The van der Waals surface area contributed by atoms with Crippen molar-refractivity contribution >= 4 is 33.3 Å². The molecule has 0 unspecified atom stereocenters. The predicted octanol–water partition coefficient (Wildman–Crippen LogP) is 3.44. The van der Waals surface area contributed by atoms with Crippen molar-refractivity contribution in [1.29, 1.82) is 0 Å². The molecule has 0 aliphatic carbocycles. The van der Waals surface area contributed by atoms with E-state index in [4.69, 9.17) is 9.47 Å². The monoisotopic (exact) mass is 377 g/mol. The fraction of sp³-hybridized carbons (Fsp3) is 0.471. The first-order valence-corrected chi connectivity index (χ1v) is 9.29. The highest BCUT2D eigenvalue weighted by Crippen LogP contribution is 2.30. The second-order valence-corrected chi connectivity index (χ2v) is 7.18. The molecular weight excluding hydrogens is 354 g/mol. The lowest BCUT2D eigenvalue weighted by Gasteiger charge is -2.29. The van der Waals surface area contributed by atoms with Crippen molar-refractivity contribution in [3.05, 3.63) is 18.2 Å². The SMILES string of the molecule is COc1ccc(OC)c(NC(=O)Nc2nnc(N3CCC[C@@H](C)C3)s2)c1.